The van der Waals surface area contributed by atoms with Crippen LogP contribution in [-0.2, 0) is 4.74 Å². The molecule has 0 radical (unpaired) electrons. The fourth-order valence-electron chi connectivity index (χ4n) is 6.74. The number of nitrogens with zero attached hydrogens (tertiary/aromatic N) is 3. The van der Waals surface area contributed by atoms with Crippen LogP contribution < -0.4 is 9.46 Å². The molecule has 3 heterocycles. The summed E-state index contributed by atoms with van der Waals surface area (Å²) in [6.45, 7) is 19.0. The van der Waals surface area contributed by atoms with Crippen molar-refractivity contribution in [1.82, 2.24) is 14.9 Å². The Morgan fingerprint density at radius 2 is 1.69 bits per heavy atom. The highest BCUT2D eigenvalue weighted by Gasteiger charge is 2.34. The minimum atomic E-state index is -0.483. The Balaban J connectivity index is 1.44. The standard InChI is InChI=1S/C37H50N4O3S/c1-24-11-9-12-25(2)33(24)31-21-32-39-34(38-31)40-45-29-14-10-13-27(20-29)30(28(23-43-32)22-36(3,4)5)19-26-15-17-41(18-16-26)35(42)44-37(6,7)8/h9-14,20-21,26,28,30H,15-19,22-23H2,1-8H3,(H,38,39,40). The van der Waals surface area contributed by atoms with E-state index in [-0.39, 0.29) is 17.4 Å². The number of benzene rings is 2. The lowest BCUT2D eigenvalue weighted by Crippen LogP contribution is -2.42. The first-order chi connectivity index (χ1) is 21.2. The van der Waals surface area contributed by atoms with Gasteiger partial charge in [0, 0.05) is 35.5 Å². The topological polar surface area (TPSA) is 76.6 Å². The first-order valence-corrected chi connectivity index (χ1v) is 17.1. The molecular formula is C37H50N4O3S. The van der Waals surface area contributed by atoms with Gasteiger partial charge in [0.05, 0.1) is 12.3 Å². The molecule has 8 heteroatoms. The van der Waals surface area contributed by atoms with E-state index in [1.807, 2.05) is 31.7 Å². The SMILES string of the molecule is Cc1cccc(C)c1-c1cc2nc(n1)NSc1cccc(c1)C(CC1CCN(C(=O)OC(C)(C)C)CC1)C(CC(C)(C)C)CO2. The maximum atomic E-state index is 12.7. The number of piperidine rings is 1. The smallest absolute Gasteiger partial charge is 0.410 e. The van der Waals surface area contributed by atoms with E-state index in [1.165, 1.54) is 16.7 Å². The zero-order chi connectivity index (χ0) is 32.4. The van der Waals surface area contributed by atoms with Crippen molar-refractivity contribution in [3.8, 4) is 17.1 Å². The average molecular weight is 631 g/mol. The molecule has 0 spiro atoms. The third kappa shape index (κ3) is 8.93. The van der Waals surface area contributed by atoms with Crippen LogP contribution >= 0.6 is 11.9 Å². The highest BCUT2D eigenvalue weighted by molar-refractivity contribution is 8.00. The van der Waals surface area contributed by atoms with E-state index in [0.717, 1.165) is 54.9 Å². The van der Waals surface area contributed by atoms with Crippen LogP contribution in [0.5, 0.6) is 5.88 Å². The average Bonchev–Trinajstić information content (AvgIpc) is 2.95. The van der Waals surface area contributed by atoms with Gasteiger partial charge < -0.3 is 14.4 Å². The van der Waals surface area contributed by atoms with Crippen molar-refractivity contribution in [2.75, 3.05) is 24.4 Å². The molecule has 1 aromatic heterocycles. The molecule has 242 valence electrons. The van der Waals surface area contributed by atoms with Gasteiger partial charge in [0.2, 0.25) is 11.8 Å². The molecule has 2 aliphatic rings. The van der Waals surface area contributed by atoms with E-state index in [4.69, 9.17) is 19.4 Å². The summed E-state index contributed by atoms with van der Waals surface area (Å²) in [6, 6.07) is 17.2. The molecular weight excluding hydrogens is 580 g/mol. The van der Waals surface area contributed by atoms with E-state index in [0.29, 0.717) is 30.3 Å². The highest BCUT2D eigenvalue weighted by Crippen LogP contribution is 2.42. The molecule has 1 amide bonds. The van der Waals surface area contributed by atoms with Gasteiger partial charge in [0.25, 0.3) is 0 Å². The first kappa shape index (κ1) is 33.1. The summed E-state index contributed by atoms with van der Waals surface area (Å²) in [5.41, 5.74) is 5.32. The van der Waals surface area contributed by atoms with Gasteiger partial charge in [0.1, 0.15) is 5.60 Å². The number of carbonyl (C=O) groups excluding carboxylic acids is 1. The van der Waals surface area contributed by atoms with Crippen molar-refractivity contribution in [3.05, 3.63) is 65.2 Å². The number of amides is 1. The van der Waals surface area contributed by atoms with E-state index < -0.39 is 5.60 Å². The summed E-state index contributed by atoms with van der Waals surface area (Å²) in [5, 5.41) is 0. The summed E-state index contributed by atoms with van der Waals surface area (Å²) in [4.78, 5) is 25.5. The fourth-order valence-corrected chi connectivity index (χ4v) is 7.38. The molecule has 5 rings (SSSR count). The lowest BCUT2D eigenvalue weighted by Gasteiger charge is -2.38. The maximum Gasteiger partial charge on any atom is 0.410 e. The minimum absolute atomic E-state index is 0.123. The molecule has 4 bridgehead atoms. The van der Waals surface area contributed by atoms with Gasteiger partial charge in [-0.3, -0.25) is 4.72 Å². The van der Waals surface area contributed by atoms with E-state index in [9.17, 15) is 4.79 Å². The second-order valence-electron chi connectivity index (χ2n) is 15.0. The van der Waals surface area contributed by atoms with Gasteiger partial charge in [-0.1, -0.05) is 51.1 Å². The van der Waals surface area contributed by atoms with Crippen molar-refractivity contribution in [1.29, 1.82) is 0 Å². The number of carbonyl (C=O) groups is 1. The predicted octanol–water partition coefficient (Wildman–Crippen LogP) is 9.45. The number of nitrogens with one attached hydrogen (secondary N) is 1. The molecule has 2 atom stereocenters. The van der Waals surface area contributed by atoms with E-state index >= 15 is 0 Å². The zero-order valence-electron chi connectivity index (χ0n) is 28.3. The number of rotatable bonds is 4. The Morgan fingerprint density at radius 1 is 1.00 bits per heavy atom. The van der Waals surface area contributed by atoms with E-state index in [1.54, 1.807) is 11.9 Å². The summed E-state index contributed by atoms with van der Waals surface area (Å²) in [5.74, 6) is 2.24. The fraction of sp³-hybridized carbons (Fsp3) is 0.541. The normalized spacial score (nSPS) is 19.5. The Hall–Kier alpha value is -3.26. The molecule has 2 aromatic carbocycles. The van der Waals surface area contributed by atoms with Gasteiger partial charge in [-0.05, 0) is 118 Å². The van der Waals surface area contributed by atoms with Crippen LogP contribution in [0.1, 0.15) is 89.8 Å². The monoisotopic (exact) mass is 630 g/mol. The van der Waals surface area contributed by atoms with Crippen LogP contribution in [0.15, 0.2) is 53.4 Å². The molecule has 1 N–H and O–H groups in total. The number of hydrogen-bond acceptors (Lipinski definition) is 7. The van der Waals surface area contributed by atoms with Crippen molar-refractivity contribution in [3.63, 3.8) is 0 Å². The van der Waals surface area contributed by atoms with Gasteiger partial charge >= 0.3 is 6.09 Å². The van der Waals surface area contributed by atoms with Crippen LogP contribution in [0.4, 0.5) is 10.7 Å². The maximum absolute atomic E-state index is 12.7. The molecule has 45 heavy (non-hydrogen) atoms. The number of aryl methyl sites for hydroxylation is 2. The van der Waals surface area contributed by atoms with Crippen LogP contribution in [-0.4, -0.2) is 46.3 Å². The largest absolute Gasteiger partial charge is 0.477 e. The zero-order valence-corrected chi connectivity index (χ0v) is 29.1. The third-order valence-electron chi connectivity index (χ3n) is 8.73. The Labute approximate surface area is 274 Å². The van der Waals surface area contributed by atoms with Gasteiger partial charge in [-0.15, -0.1) is 0 Å². The van der Waals surface area contributed by atoms with Gasteiger partial charge in [-0.25, -0.2) is 9.78 Å². The van der Waals surface area contributed by atoms with Crippen LogP contribution in [0.25, 0.3) is 11.3 Å². The van der Waals surface area contributed by atoms with E-state index in [2.05, 4.69) is 81.8 Å². The minimum Gasteiger partial charge on any atom is -0.477 e. The lowest BCUT2D eigenvalue weighted by molar-refractivity contribution is 0.0173. The number of fused-ring (bicyclic) bond motifs is 4. The number of likely N-dealkylation sites (tertiary alicyclic amines) is 1. The summed E-state index contributed by atoms with van der Waals surface area (Å²) >= 11 is 1.54. The summed E-state index contributed by atoms with van der Waals surface area (Å²) in [6.07, 6.45) is 3.82. The van der Waals surface area contributed by atoms with Crippen molar-refractivity contribution in [2.45, 2.75) is 97.5 Å². The second-order valence-corrected chi connectivity index (χ2v) is 15.9. The van der Waals surface area contributed by atoms with Crippen molar-refractivity contribution in [2.24, 2.45) is 17.3 Å². The highest BCUT2D eigenvalue weighted by atomic mass is 32.2. The Kier molecular flexibility index (Phi) is 10.0. The van der Waals surface area contributed by atoms with Crippen molar-refractivity contribution < 1.29 is 14.3 Å². The van der Waals surface area contributed by atoms with Gasteiger partial charge in [-0.2, -0.15) is 4.98 Å². The third-order valence-corrected chi connectivity index (χ3v) is 9.50. The first-order valence-electron chi connectivity index (χ1n) is 16.3. The number of hydrogen-bond donors (Lipinski definition) is 1. The number of aromatic nitrogens is 2. The molecule has 3 aromatic rings. The quantitative estimate of drug-likeness (QED) is 0.288. The molecule has 0 aliphatic carbocycles. The second kappa shape index (κ2) is 13.6. The molecule has 0 saturated carbocycles. The summed E-state index contributed by atoms with van der Waals surface area (Å²) in [7, 11) is 0. The Morgan fingerprint density at radius 3 is 2.36 bits per heavy atom. The molecule has 1 saturated heterocycles. The van der Waals surface area contributed by atoms with Crippen LogP contribution in [0.3, 0.4) is 0 Å². The summed E-state index contributed by atoms with van der Waals surface area (Å²) < 4.78 is 15.7. The van der Waals surface area contributed by atoms with Crippen LogP contribution in [0, 0.1) is 31.1 Å². The number of ether oxygens (including phenoxy) is 2. The lowest BCUT2D eigenvalue weighted by atomic mass is 9.72. The molecule has 1 fully saturated rings. The Bertz CT molecular complexity index is 1470. The van der Waals surface area contributed by atoms with Crippen LogP contribution in [0.2, 0.25) is 0 Å². The van der Waals surface area contributed by atoms with Crippen molar-refractivity contribution >= 4 is 24.0 Å². The molecule has 2 aliphatic heterocycles. The predicted molar refractivity (Wildman–Crippen MR) is 184 cm³/mol. The number of anilines is 1. The molecule has 2 unspecified atom stereocenters. The molecule has 7 nitrogen and oxygen atoms in total. The van der Waals surface area contributed by atoms with Gasteiger partial charge in [0.15, 0.2) is 0 Å².